The zero-order chi connectivity index (χ0) is 21.2. The molecule has 0 bridgehead atoms. The molecule has 1 aromatic carbocycles. The predicted molar refractivity (Wildman–Crippen MR) is 120 cm³/mol. The van der Waals surface area contributed by atoms with E-state index < -0.39 is 10.0 Å². The molecule has 1 aliphatic rings. The Balaban J connectivity index is 1.63. The molecule has 0 saturated carbocycles. The fraction of sp³-hybridized carbons (Fsp3) is 0.455. The van der Waals surface area contributed by atoms with E-state index in [1.54, 1.807) is 28.7 Å². The summed E-state index contributed by atoms with van der Waals surface area (Å²) in [5.41, 5.74) is 1.89. The monoisotopic (exact) mass is 429 g/mol. The second-order valence-corrected chi connectivity index (χ2v) is 9.24. The molecule has 1 saturated heterocycles. The Morgan fingerprint density at radius 2 is 1.93 bits per heavy atom. The number of nitrogens with one attached hydrogen (secondary N) is 2. The van der Waals surface area contributed by atoms with Crippen LogP contribution in [0.4, 0.5) is 0 Å². The molecular formula is C22H31N5O2S. The van der Waals surface area contributed by atoms with Gasteiger partial charge in [-0.15, -0.1) is 0 Å². The van der Waals surface area contributed by atoms with Crippen molar-refractivity contribution in [2.75, 3.05) is 26.2 Å². The molecular weight excluding hydrogens is 398 g/mol. The van der Waals surface area contributed by atoms with Crippen LogP contribution in [0.1, 0.15) is 37.4 Å². The van der Waals surface area contributed by atoms with Gasteiger partial charge < -0.3 is 10.6 Å². The summed E-state index contributed by atoms with van der Waals surface area (Å²) in [7, 11) is -3.43. The molecule has 0 aliphatic carbocycles. The van der Waals surface area contributed by atoms with Crippen LogP contribution in [0, 0.1) is 0 Å². The van der Waals surface area contributed by atoms with Crippen LogP contribution in [0.2, 0.25) is 0 Å². The van der Waals surface area contributed by atoms with E-state index in [0.717, 1.165) is 43.5 Å². The van der Waals surface area contributed by atoms with Crippen LogP contribution in [0.15, 0.2) is 58.5 Å². The topological polar surface area (TPSA) is 86.7 Å². The molecule has 0 spiro atoms. The third-order valence-corrected chi connectivity index (χ3v) is 6.91. The van der Waals surface area contributed by atoms with Gasteiger partial charge in [-0.2, -0.15) is 4.31 Å². The molecule has 1 fully saturated rings. The lowest BCUT2D eigenvalue weighted by atomic mass is 10.2. The first-order chi connectivity index (χ1) is 14.6. The van der Waals surface area contributed by atoms with Crippen molar-refractivity contribution in [2.24, 2.45) is 4.99 Å². The molecule has 2 N–H and O–H groups in total. The number of aromatic nitrogens is 1. The summed E-state index contributed by atoms with van der Waals surface area (Å²) in [5, 5.41) is 6.54. The van der Waals surface area contributed by atoms with Crippen LogP contribution < -0.4 is 10.6 Å². The highest BCUT2D eigenvalue weighted by molar-refractivity contribution is 7.89. The smallest absolute Gasteiger partial charge is 0.243 e. The Morgan fingerprint density at radius 3 is 2.67 bits per heavy atom. The fourth-order valence-corrected chi connectivity index (χ4v) is 5.01. The maximum Gasteiger partial charge on any atom is 0.243 e. The first-order valence-electron chi connectivity index (χ1n) is 10.6. The Hall–Kier alpha value is -2.45. The van der Waals surface area contributed by atoms with Gasteiger partial charge in [0.1, 0.15) is 0 Å². The number of guanidine groups is 1. The molecule has 30 heavy (non-hydrogen) atoms. The van der Waals surface area contributed by atoms with E-state index in [2.05, 4.69) is 20.6 Å². The Labute approximate surface area is 179 Å². The van der Waals surface area contributed by atoms with Crippen molar-refractivity contribution in [1.29, 1.82) is 0 Å². The van der Waals surface area contributed by atoms with Crippen molar-refractivity contribution >= 4 is 16.0 Å². The van der Waals surface area contributed by atoms with Crippen LogP contribution in [0.25, 0.3) is 0 Å². The molecule has 0 radical (unpaired) electrons. The minimum absolute atomic E-state index is 0.352. The van der Waals surface area contributed by atoms with E-state index in [1.165, 1.54) is 0 Å². The van der Waals surface area contributed by atoms with Crippen molar-refractivity contribution in [1.82, 2.24) is 19.9 Å². The number of piperidine rings is 1. The Morgan fingerprint density at radius 1 is 1.10 bits per heavy atom. The summed E-state index contributed by atoms with van der Waals surface area (Å²) in [6, 6.07) is 13.0. The van der Waals surface area contributed by atoms with Gasteiger partial charge in [-0.05, 0) is 49.6 Å². The molecule has 0 unspecified atom stereocenters. The number of sulfonamides is 1. The number of nitrogens with zero attached hydrogens (tertiary/aromatic N) is 3. The standard InChI is InChI=1S/C22H31N5O2S/c1-2-23-22(25-14-12-20-10-4-5-13-24-20)26-18-19-9-8-11-21(17-19)30(28,29)27-15-6-3-7-16-27/h4-5,8-11,13,17H,2-3,6-7,12,14-16,18H2,1H3,(H2,23,25,26). The zero-order valence-corrected chi connectivity index (χ0v) is 18.4. The normalized spacial score (nSPS) is 15.7. The quantitative estimate of drug-likeness (QED) is 0.497. The molecule has 2 aromatic rings. The number of rotatable bonds is 8. The molecule has 2 heterocycles. The molecule has 162 valence electrons. The van der Waals surface area contributed by atoms with Crippen LogP contribution >= 0.6 is 0 Å². The summed E-state index contributed by atoms with van der Waals surface area (Å²) in [5.74, 6) is 0.706. The minimum Gasteiger partial charge on any atom is -0.357 e. The van der Waals surface area contributed by atoms with Gasteiger partial charge in [0.15, 0.2) is 5.96 Å². The zero-order valence-electron chi connectivity index (χ0n) is 17.5. The number of pyridine rings is 1. The lowest BCUT2D eigenvalue weighted by Gasteiger charge is -2.26. The Kier molecular flexibility index (Phi) is 8.21. The van der Waals surface area contributed by atoms with E-state index in [9.17, 15) is 8.42 Å². The van der Waals surface area contributed by atoms with Gasteiger partial charge in [0.25, 0.3) is 0 Å². The van der Waals surface area contributed by atoms with Crippen molar-refractivity contribution < 1.29 is 8.42 Å². The summed E-state index contributed by atoms with van der Waals surface area (Å²) >= 11 is 0. The van der Waals surface area contributed by atoms with E-state index in [4.69, 9.17) is 0 Å². The molecule has 0 atom stereocenters. The van der Waals surface area contributed by atoms with Crippen LogP contribution in [0.3, 0.4) is 0 Å². The lowest BCUT2D eigenvalue weighted by Crippen LogP contribution is -2.38. The van der Waals surface area contributed by atoms with Crippen LogP contribution in [0.5, 0.6) is 0 Å². The molecule has 3 rings (SSSR count). The SMILES string of the molecule is CCNC(=NCc1cccc(S(=O)(=O)N2CCCCC2)c1)NCCc1ccccn1. The summed E-state index contributed by atoms with van der Waals surface area (Å²) < 4.78 is 27.4. The second kappa shape index (κ2) is 11.1. The minimum atomic E-state index is -3.43. The highest BCUT2D eigenvalue weighted by atomic mass is 32.2. The molecule has 1 aromatic heterocycles. The molecule has 7 nitrogen and oxygen atoms in total. The fourth-order valence-electron chi connectivity index (χ4n) is 3.43. The predicted octanol–water partition coefficient (Wildman–Crippen LogP) is 2.55. The molecule has 1 aliphatic heterocycles. The number of benzene rings is 1. The van der Waals surface area contributed by atoms with Crippen molar-refractivity contribution in [3.05, 3.63) is 59.9 Å². The molecule has 0 amide bonds. The highest BCUT2D eigenvalue weighted by Gasteiger charge is 2.25. The second-order valence-electron chi connectivity index (χ2n) is 7.31. The number of hydrogen-bond acceptors (Lipinski definition) is 4. The van der Waals surface area contributed by atoms with E-state index in [-0.39, 0.29) is 0 Å². The third-order valence-electron chi connectivity index (χ3n) is 5.01. The van der Waals surface area contributed by atoms with E-state index in [0.29, 0.717) is 37.0 Å². The summed E-state index contributed by atoms with van der Waals surface area (Å²) in [6.45, 7) is 5.10. The number of aliphatic imine (C=N–C) groups is 1. The van der Waals surface area contributed by atoms with Crippen LogP contribution in [-0.4, -0.2) is 49.8 Å². The van der Waals surface area contributed by atoms with Gasteiger partial charge in [0, 0.05) is 44.5 Å². The highest BCUT2D eigenvalue weighted by Crippen LogP contribution is 2.21. The van der Waals surface area contributed by atoms with Crippen LogP contribution in [-0.2, 0) is 23.0 Å². The van der Waals surface area contributed by atoms with E-state index >= 15 is 0 Å². The van der Waals surface area contributed by atoms with Gasteiger partial charge in [0.2, 0.25) is 10.0 Å². The van der Waals surface area contributed by atoms with Gasteiger partial charge in [-0.25, -0.2) is 13.4 Å². The first kappa shape index (κ1) is 22.2. The average Bonchev–Trinajstić information content (AvgIpc) is 2.79. The maximum atomic E-state index is 12.9. The van der Waals surface area contributed by atoms with Crippen molar-refractivity contribution in [3.63, 3.8) is 0 Å². The van der Waals surface area contributed by atoms with E-state index in [1.807, 2.05) is 31.2 Å². The van der Waals surface area contributed by atoms with Gasteiger partial charge in [-0.3, -0.25) is 4.98 Å². The largest absolute Gasteiger partial charge is 0.357 e. The average molecular weight is 430 g/mol. The van der Waals surface area contributed by atoms with Gasteiger partial charge >= 0.3 is 0 Å². The maximum absolute atomic E-state index is 12.9. The van der Waals surface area contributed by atoms with Gasteiger partial charge in [-0.1, -0.05) is 24.6 Å². The number of hydrogen-bond donors (Lipinski definition) is 2. The lowest BCUT2D eigenvalue weighted by molar-refractivity contribution is 0.346. The van der Waals surface area contributed by atoms with Gasteiger partial charge in [0.05, 0.1) is 11.4 Å². The third kappa shape index (κ3) is 6.27. The Bertz CT molecular complexity index is 926. The summed E-state index contributed by atoms with van der Waals surface area (Å²) in [6.07, 6.45) is 5.55. The van der Waals surface area contributed by atoms with Crippen molar-refractivity contribution in [3.8, 4) is 0 Å². The first-order valence-corrected chi connectivity index (χ1v) is 12.0. The summed E-state index contributed by atoms with van der Waals surface area (Å²) in [4.78, 5) is 9.29. The molecule has 8 heteroatoms. The van der Waals surface area contributed by atoms with Crippen molar-refractivity contribution in [2.45, 2.75) is 44.0 Å².